The van der Waals surface area contributed by atoms with Crippen LogP contribution in [0.2, 0.25) is 0 Å². The zero-order chi connectivity index (χ0) is 16.6. The maximum absolute atomic E-state index is 11.1. The topological polar surface area (TPSA) is 70.7 Å². The summed E-state index contributed by atoms with van der Waals surface area (Å²) in [5.41, 5.74) is 5.74. The third kappa shape index (κ3) is 7.66. The number of primary amides is 1. The molecule has 0 aromatic rings. The first-order valence-corrected chi connectivity index (χ1v) is 8.56. The lowest BCUT2D eigenvalue weighted by molar-refractivity contribution is -0.119. The van der Waals surface area contributed by atoms with E-state index < -0.39 is 0 Å². The number of hydrogen-bond donors (Lipinski definition) is 2. The Hall–Kier alpha value is -1.26. The van der Waals surface area contributed by atoms with Gasteiger partial charge >= 0.3 is 0 Å². The van der Waals surface area contributed by atoms with Gasteiger partial charge < -0.3 is 16.0 Å². The van der Waals surface area contributed by atoms with E-state index in [0.717, 1.165) is 44.9 Å². The highest BCUT2D eigenvalue weighted by atomic mass is 16.1. The van der Waals surface area contributed by atoms with E-state index in [4.69, 9.17) is 5.73 Å². The van der Waals surface area contributed by atoms with Gasteiger partial charge in [0.1, 0.15) is 0 Å². The summed E-state index contributed by atoms with van der Waals surface area (Å²) in [4.78, 5) is 17.7. The van der Waals surface area contributed by atoms with E-state index >= 15 is 0 Å². The van der Waals surface area contributed by atoms with Crippen molar-refractivity contribution in [3.05, 3.63) is 0 Å². The number of aliphatic imine (C=N–C) groups is 1. The van der Waals surface area contributed by atoms with Gasteiger partial charge in [-0.25, -0.2) is 0 Å². The fourth-order valence-electron chi connectivity index (χ4n) is 3.02. The molecule has 1 unspecified atom stereocenters. The Bertz CT molecular complexity index is 373. The summed E-state index contributed by atoms with van der Waals surface area (Å²) in [6, 6.07) is 0. The second kappa shape index (κ2) is 9.01. The van der Waals surface area contributed by atoms with E-state index in [2.05, 4.69) is 36.0 Å². The van der Waals surface area contributed by atoms with Crippen LogP contribution in [-0.4, -0.2) is 43.4 Å². The second-order valence-corrected chi connectivity index (χ2v) is 7.62. The zero-order valence-electron chi connectivity index (χ0n) is 14.8. The van der Waals surface area contributed by atoms with Crippen LogP contribution in [0, 0.1) is 11.3 Å². The molecule has 1 fully saturated rings. The first-order valence-electron chi connectivity index (χ1n) is 8.56. The quantitative estimate of drug-likeness (QED) is 0.449. The van der Waals surface area contributed by atoms with Crippen LogP contribution >= 0.6 is 0 Å². The molecule has 128 valence electrons. The third-order valence-electron chi connectivity index (χ3n) is 4.16. The van der Waals surface area contributed by atoms with Crippen LogP contribution in [0.15, 0.2) is 4.99 Å². The van der Waals surface area contributed by atoms with Crippen LogP contribution in [0.25, 0.3) is 0 Å². The van der Waals surface area contributed by atoms with Gasteiger partial charge in [-0.2, -0.15) is 0 Å². The van der Waals surface area contributed by atoms with Crippen LogP contribution < -0.4 is 11.1 Å². The standard InChI is InChI=1S/C17H34N4O/c1-17(2,3)9-5-6-10-20-16(19-4)21-11-7-8-14(13-21)12-15(18)22/h14H,5-13H2,1-4H3,(H2,18,22)(H,19,20). The summed E-state index contributed by atoms with van der Waals surface area (Å²) < 4.78 is 0. The second-order valence-electron chi connectivity index (χ2n) is 7.62. The van der Waals surface area contributed by atoms with Crippen molar-refractivity contribution in [2.24, 2.45) is 22.1 Å². The summed E-state index contributed by atoms with van der Waals surface area (Å²) in [5, 5.41) is 3.46. The molecule has 1 rings (SSSR count). The highest BCUT2D eigenvalue weighted by Gasteiger charge is 2.23. The van der Waals surface area contributed by atoms with Gasteiger partial charge in [0, 0.05) is 33.1 Å². The van der Waals surface area contributed by atoms with Crippen LogP contribution in [-0.2, 0) is 4.79 Å². The van der Waals surface area contributed by atoms with Crippen LogP contribution in [0.4, 0.5) is 0 Å². The number of carbonyl (C=O) groups excluding carboxylic acids is 1. The van der Waals surface area contributed by atoms with Gasteiger partial charge in [-0.15, -0.1) is 0 Å². The first-order chi connectivity index (χ1) is 10.3. The van der Waals surface area contributed by atoms with Crippen molar-refractivity contribution in [1.29, 1.82) is 0 Å². The van der Waals surface area contributed by atoms with Gasteiger partial charge in [0.15, 0.2) is 5.96 Å². The van der Waals surface area contributed by atoms with Crippen LogP contribution in [0.5, 0.6) is 0 Å². The van der Waals surface area contributed by atoms with Crippen molar-refractivity contribution in [1.82, 2.24) is 10.2 Å². The fraction of sp³-hybridized carbons (Fsp3) is 0.882. The Kier molecular flexibility index (Phi) is 7.69. The maximum atomic E-state index is 11.1. The number of likely N-dealkylation sites (tertiary alicyclic amines) is 1. The molecular formula is C17H34N4O. The van der Waals surface area contributed by atoms with Crippen molar-refractivity contribution in [3.63, 3.8) is 0 Å². The van der Waals surface area contributed by atoms with Crippen molar-refractivity contribution >= 4 is 11.9 Å². The van der Waals surface area contributed by atoms with Crippen molar-refractivity contribution in [2.45, 2.75) is 59.3 Å². The SMILES string of the molecule is CN=C(NCCCCC(C)(C)C)N1CCCC(CC(N)=O)C1. The molecule has 0 radical (unpaired) electrons. The number of rotatable bonds is 6. The molecule has 1 aliphatic heterocycles. The number of nitrogens with two attached hydrogens (primary N) is 1. The third-order valence-corrected chi connectivity index (χ3v) is 4.16. The number of unbranched alkanes of at least 4 members (excludes halogenated alkanes) is 1. The van der Waals surface area contributed by atoms with Gasteiger partial charge in [0.05, 0.1) is 0 Å². The molecule has 22 heavy (non-hydrogen) atoms. The molecular weight excluding hydrogens is 276 g/mol. The molecule has 0 aliphatic carbocycles. The van der Waals surface area contributed by atoms with Crippen molar-refractivity contribution in [3.8, 4) is 0 Å². The van der Waals surface area contributed by atoms with E-state index in [1.165, 1.54) is 12.8 Å². The van der Waals surface area contributed by atoms with Gasteiger partial charge in [-0.1, -0.05) is 27.2 Å². The molecule has 0 saturated carbocycles. The molecule has 3 N–H and O–H groups in total. The fourth-order valence-corrected chi connectivity index (χ4v) is 3.02. The Morgan fingerprint density at radius 1 is 1.36 bits per heavy atom. The molecule has 5 heteroatoms. The van der Waals surface area contributed by atoms with E-state index in [1.54, 1.807) is 0 Å². The van der Waals surface area contributed by atoms with E-state index in [9.17, 15) is 4.79 Å². The highest BCUT2D eigenvalue weighted by Crippen LogP contribution is 2.21. The summed E-state index contributed by atoms with van der Waals surface area (Å²) in [5.74, 6) is 1.13. The molecule has 1 aliphatic rings. The monoisotopic (exact) mass is 310 g/mol. The van der Waals surface area contributed by atoms with Crippen molar-refractivity contribution < 1.29 is 4.79 Å². The number of hydrogen-bond acceptors (Lipinski definition) is 2. The molecule has 0 aromatic heterocycles. The molecule has 0 spiro atoms. The summed E-state index contributed by atoms with van der Waals surface area (Å²) in [7, 11) is 1.83. The van der Waals surface area contributed by atoms with E-state index in [1.807, 2.05) is 7.05 Å². The van der Waals surface area contributed by atoms with Gasteiger partial charge in [-0.3, -0.25) is 9.79 Å². The molecule has 1 saturated heterocycles. The molecule has 0 aromatic carbocycles. The number of carbonyl (C=O) groups is 1. The molecule has 1 heterocycles. The Balaban J connectivity index is 2.33. The summed E-state index contributed by atoms with van der Waals surface area (Å²) >= 11 is 0. The number of amides is 1. The minimum Gasteiger partial charge on any atom is -0.370 e. The first kappa shape index (κ1) is 18.8. The smallest absolute Gasteiger partial charge is 0.217 e. The Morgan fingerprint density at radius 2 is 2.09 bits per heavy atom. The number of guanidine groups is 1. The molecule has 1 amide bonds. The van der Waals surface area contributed by atoms with E-state index in [-0.39, 0.29) is 5.91 Å². The van der Waals surface area contributed by atoms with Crippen LogP contribution in [0.3, 0.4) is 0 Å². The Labute approximate surface area is 135 Å². The maximum Gasteiger partial charge on any atom is 0.217 e. The normalized spacial score (nSPS) is 20.1. The zero-order valence-corrected chi connectivity index (χ0v) is 14.8. The molecule has 0 bridgehead atoms. The predicted octanol–water partition coefficient (Wildman–Crippen LogP) is 2.37. The van der Waals surface area contributed by atoms with Crippen LogP contribution in [0.1, 0.15) is 59.3 Å². The van der Waals surface area contributed by atoms with E-state index in [0.29, 0.717) is 17.8 Å². The lowest BCUT2D eigenvalue weighted by atomic mass is 9.90. The van der Waals surface area contributed by atoms with Crippen molar-refractivity contribution in [2.75, 3.05) is 26.7 Å². The lowest BCUT2D eigenvalue weighted by Gasteiger charge is -2.34. The number of piperidine rings is 1. The van der Waals surface area contributed by atoms with Gasteiger partial charge in [0.25, 0.3) is 0 Å². The highest BCUT2D eigenvalue weighted by molar-refractivity contribution is 5.80. The minimum absolute atomic E-state index is 0.197. The predicted molar refractivity (Wildman–Crippen MR) is 92.8 cm³/mol. The largest absolute Gasteiger partial charge is 0.370 e. The minimum atomic E-state index is -0.197. The average Bonchev–Trinajstić information content (AvgIpc) is 2.41. The summed E-state index contributed by atoms with van der Waals surface area (Å²) in [6.07, 6.45) is 6.31. The summed E-state index contributed by atoms with van der Waals surface area (Å²) in [6.45, 7) is 9.70. The molecule has 1 atom stereocenters. The van der Waals surface area contributed by atoms with Gasteiger partial charge in [0.2, 0.25) is 5.91 Å². The van der Waals surface area contributed by atoms with Gasteiger partial charge in [-0.05, 0) is 37.0 Å². The Morgan fingerprint density at radius 3 is 2.68 bits per heavy atom. The lowest BCUT2D eigenvalue weighted by Crippen LogP contribution is -2.47. The number of nitrogens with one attached hydrogen (secondary N) is 1. The average molecular weight is 310 g/mol. The number of nitrogens with zero attached hydrogens (tertiary/aromatic N) is 2. The molecule has 5 nitrogen and oxygen atoms in total.